The van der Waals surface area contributed by atoms with Gasteiger partial charge in [-0.2, -0.15) is 5.26 Å². The van der Waals surface area contributed by atoms with E-state index in [1.807, 2.05) is 66.9 Å². The number of ether oxygens (including phenoxy) is 1. The molecule has 0 aliphatic heterocycles. The molecule has 0 aliphatic carbocycles. The summed E-state index contributed by atoms with van der Waals surface area (Å²) in [6.07, 6.45) is 1.89. The van der Waals surface area contributed by atoms with Crippen LogP contribution in [0, 0.1) is 18.3 Å². The number of methoxy groups -OCH3 is 1. The Hall–Kier alpha value is -2.90. The largest absolute Gasteiger partial charge is 0.497 e. The first-order valence-electron chi connectivity index (χ1n) is 7.49. The number of rotatable bonds is 4. The van der Waals surface area contributed by atoms with Crippen molar-refractivity contribution in [1.29, 1.82) is 5.26 Å². The van der Waals surface area contributed by atoms with E-state index in [-0.39, 0.29) is 0 Å². The summed E-state index contributed by atoms with van der Waals surface area (Å²) >= 11 is 1.48. The van der Waals surface area contributed by atoms with Gasteiger partial charge in [0.25, 0.3) is 0 Å². The topological polar surface area (TPSA) is 45.9 Å². The molecule has 0 N–H and O–H groups in total. The van der Waals surface area contributed by atoms with Crippen LogP contribution in [0.5, 0.6) is 5.75 Å². The third-order valence-corrected chi connectivity index (χ3v) is 4.60. The SMILES string of the molecule is COc1ccc(-c2csc(/C(C#N)=C\c3ccccc3C)n2)cc1. The standard InChI is InChI=1S/C20H16N2OS/c1-14-5-3-4-6-16(14)11-17(12-21)20-22-19(13-24-20)15-7-9-18(23-2)10-8-15/h3-11,13H,1-2H3/b17-11-. The van der Waals surface area contributed by atoms with Crippen LogP contribution in [0.3, 0.4) is 0 Å². The number of allylic oxidation sites excluding steroid dienone is 1. The van der Waals surface area contributed by atoms with Gasteiger partial charge < -0.3 is 4.74 Å². The molecule has 0 bridgehead atoms. The molecule has 3 rings (SSSR count). The summed E-state index contributed by atoms with van der Waals surface area (Å²) in [5.41, 5.74) is 4.62. The van der Waals surface area contributed by atoms with E-state index in [1.165, 1.54) is 11.3 Å². The van der Waals surface area contributed by atoms with Gasteiger partial charge in [0, 0.05) is 10.9 Å². The fraction of sp³-hybridized carbons (Fsp3) is 0.100. The number of nitrogens with zero attached hydrogens (tertiary/aromatic N) is 2. The summed E-state index contributed by atoms with van der Waals surface area (Å²) in [4.78, 5) is 4.62. The molecule has 1 aromatic heterocycles. The average molecular weight is 332 g/mol. The fourth-order valence-electron chi connectivity index (χ4n) is 2.34. The van der Waals surface area contributed by atoms with Gasteiger partial charge in [-0.15, -0.1) is 11.3 Å². The van der Waals surface area contributed by atoms with Gasteiger partial charge in [-0.1, -0.05) is 24.3 Å². The molecule has 24 heavy (non-hydrogen) atoms. The van der Waals surface area contributed by atoms with E-state index < -0.39 is 0 Å². The number of aryl methyl sites for hydroxylation is 1. The second-order valence-electron chi connectivity index (χ2n) is 5.29. The van der Waals surface area contributed by atoms with Crippen molar-refractivity contribution in [2.75, 3.05) is 7.11 Å². The zero-order chi connectivity index (χ0) is 16.9. The maximum atomic E-state index is 9.51. The van der Waals surface area contributed by atoms with E-state index in [1.54, 1.807) is 7.11 Å². The summed E-state index contributed by atoms with van der Waals surface area (Å²) in [6, 6.07) is 18.0. The minimum Gasteiger partial charge on any atom is -0.497 e. The van der Waals surface area contributed by atoms with E-state index in [0.717, 1.165) is 33.1 Å². The number of hydrogen-bond donors (Lipinski definition) is 0. The second-order valence-corrected chi connectivity index (χ2v) is 6.15. The van der Waals surface area contributed by atoms with Gasteiger partial charge in [-0.05, 0) is 48.4 Å². The van der Waals surface area contributed by atoms with Gasteiger partial charge in [0.15, 0.2) is 0 Å². The maximum absolute atomic E-state index is 9.51. The highest BCUT2D eigenvalue weighted by atomic mass is 32.1. The van der Waals surface area contributed by atoms with Gasteiger partial charge in [-0.25, -0.2) is 4.98 Å². The van der Waals surface area contributed by atoms with Crippen LogP contribution in [0.25, 0.3) is 22.9 Å². The highest BCUT2D eigenvalue weighted by Crippen LogP contribution is 2.28. The maximum Gasteiger partial charge on any atom is 0.134 e. The molecule has 0 saturated heterocycles. The molecule has 1 heterocycles. The van der Waals surface area contributed by atoms with Crippen LogP contribution in [0.2, 0.25) is 0 Å². The zero-order valence-corrected chi connectivity index (χ0v) is 14.3. The molecule has 0 radical (unpaired) electrons. The summed E-state index contributed by atoms with van der Waals surface area (Å²) in [7, 11) is 1.64. The third kappa shape index (κ3) is 3.37. The molecule has 4 heteroatoms. The van der Waals surface area contributed by atoms with Crippen LogP contribution in [0.4, 0.5) is 0 Å². The molecule has 0 unspecified atom stereocenters. The Balaban J connectivity index is 1.93. The predicted molar refractivity (Wildman–Crippen MR) is 98.8 cm³/mol. The van der Waals surface area contributed by atoms with Crippen molar-refractivity contribution in [3.8, 4) is 23.1 Å². The Labute approximate surface area is 145 Å². The predicted octanol–water partition coefficient (Wildman–Crippen LogP) is 5.19. The zero-order valence-electron chi connectivity index (χ0n) is 13.5. The number of nitriles is 1. The molecule has 0 atom stereocenters. The van der Waals surface area contributed by atoms with Crippen LogP contribution in [0.1, 0.15) is 16.1 Å². The fourth-order valence-corrected chi connectivity index (χ4v) is 3.13. The molecule has 118 valence electrons. The minimum absolute atomic E-state index is 0.578. The minimum atomic E-state index is 0.578. The molecule has 0 saturated carbocycles. The smallest absolute Gasteiger partial charge is 0.134 e. The average Bonchev–Trinajstić information content (AvgIpc) is 3.11. The van der Waals surface area contributed by atoms with Crippen LogP contribution in [-0.4, -0.2) is 12.1 Å². The van der Waals surface area contributed by atoms with Crippen LogP contribution >= 0.6 is 11.3 Å². The lowest BCUT2D eigenvalue weighted by atomic mass is 10.1. The van der Waals surface area contributed by atoms with Crippen molar-refractivity contribution in [2.24, 2.45) is 0 Å². The lowest BCUT2D eigenvalue weighted by Crippen LogP contribution is -1.85. The van der Waals surface area contributed by atoms with Gasteiger partial charge in [0.1, 0.15) is 16.8 Å². The number of thiazole rings is 1. The molecule has 3 aromatic rings. The molecule has 0 fully saturated rings. The summed E-state index contributed by atoms with van der Waals surface area (Å²) in [5.74, 6) is 0.811. The van der Waals surface area contributed by atoms with E-state index in [0.29, 0.717) is 5.57 Å². The first-order valence-corrected chi connectivity index (χ1v) is 8.37. The van der Waals surface area contributed by atoms with Crippen molar-refractivity contribution in [1.82, 2.24) is 4.98 Å². The van der Waals surface area contributed by atoms with Crippen LogP contribution < -0.4 is 4.74 Å². The Kier molecular flexibility index (Phi) is 4.74. The van der Waals surface area contributed by atoms with Crippen LogP contribution in [-0.2, 0) is 0 Å². The first-order chi connectivity index (χ1) is 11.7. The molecule has 0 spiro atoms. The van der Waals surface area contributed by atoms with Crippen molar-refractivity contribution in [3.63, 3.8) is 0 Å². The quantitative estimate of drug-likeness (QED) is 0.618. The molecular weight excluding hydrogens is 316 g/mol. The molecule has 0 amide bonds. The van der Waals surface area contributed by atoms with E-state index in [4.69, 9.17) is 4.74 Å². The summed E-state index contributed by atoms with van der Waals surface area (Å²) < 4.78 is 5.17. The molecule has 3 nitrogen and oxygen atoms in total. The molecule has 0 aliphatic rings. The van der Waals surface area contributed by atoms with Gasteiger partial charge in [0.05, 0.1) is 18.4 Å². The summed E-state index contributed by atoms with van der Waals surface area (Å²) in [5, 5.41) is 12.2. The number of benzene rings is 2. The van der Waals surface area contributed by atoms with Crippen molar-refractivity contribution < 1.29 is 4.74 Å². The molecule has 2 aromatic carbocycles. The number of hydrogen-bond acceptors (Lipinski definition) is 4. The second kappa shape index (κ2) is 7.12. The van der Waals surface area contributed by atoms with Crippen molar-refractivity contribution in [2.45, 2.75) is 6.92 Å². The van der Waals surface area contributed by atoms with Crippen molar-refractivity contribution in [3.05, 3.63) is 70.0 Å². The Morgan fingerprint density at radius 3 is 2.58 bits per heavy atom. The Morgan fingerprint density at radius 2 is 1.92 bits per heavy atom. The lowest BCUT2D eigenvalue weighted by Gasteiger charge is -2.01. The van der Waals surface area contributed by atoms with Gasteiger partial charge in [-0.3, -0.25) is 0 Å². The van der Waals surface area contributed by atoms with E-state index in [9.17, 15) is 5.26 Å². The summed E-state index contributed by atoms with van der Waals surface area (Å²) in [6.45, 7) is 2.03. The molecular formula is C20H16N2OS. The highest BCUT2D eigenvalue weighted by Gasteiger charge is 2.09. The monoisotopic (exact) mass is 332 g/mol. The normalized spacial score (nSPS) is 11.1. The first kappa shape index (κ1) is 16.0. The van der Waals surface area contributed by atoms with E-state index >= 15 is 0 Å². The Morgan fingerprint density at radius 1 is 1.17 bits per heavy atom. The lowest BCUT2D eigenvalue weighted by molar-refractivity contribution is 0.415. The number of aromatic nitrogens is 1. The van der Waals surface area contributed by atoms with Crippen molar-refractivity contribution >= 4 is 23.0 Å². The Bertz CT molecular complexity index is 917. The van der Waals surface area contributed by atoms with Gasteiger partial charge in [0.2, 0.25) is 0 Å². The van der Waals surface area contributed by atoms with Gasteiger partial charge >= 0.3 is 0 Å². The van der Waals surface area contributed by atoms with Crippen LogP contribution in [0.15, 0.2) is 53.9 Å². The van der Waals surface area contributed by atoms with E-state index in [2.05, 4.69) is 11.1 Å². The highest BCUT2D eigenvalue weighted by molar-refractivity contribution is 7.11. The third-order valence-electron chi connectivity index (χ3n) is 3.73.